The Hall–Kier alpha value is -3.11. The van der Waals surface area contributed by atoms with Crippen LogP contribution in [0.3, 0.4) is 0 Å². The second-order valence-corrected chi connectivity index (χ2v) is 8.10. The molecule has 0 saturated carbocycles. The average molecular weight is 445 g/mol. The lowest BCUT2D eigenvalue weighted by molar-refractivity contribution is -0.135. The molecule has 1 amide bonds. The van der Waals surface area contributed by atoms with E-state index in [1.165, 1.54) is 18.5 Å². The lowest BCUT2D eigenvalue weighted by Crippen LogP contribution is -2.55. The van der Waals surface area contributed by atoms with Crippen molar-refractivity contribution in [3.63, 3.8) is 0 Å². The molecule has 1 fully saturated rings. The predicted molar refractivity (Wildman–Crippen MR) is 117 cm³/mol. The molecule has 1 aliphatic heterocycles. The van der Waals surface area contributed by atoms with Crippen LogP contribution in [-0.4, -0.2) is 62.5 Å². The number of amides is 1. The van der Waals surface area contributed by atoms with E-state index in [4.69, 9.17) is 11.6 Å². The van der Waals surface area contributed by atoms with Gasteiger partial charge >= 0.3 is 0 Å². The Bertz CT molecular complexity index is 1120. The molecule has 0 spiro atoms. The number of aromatic nitrogens is 4. The molecule has 3 heterocycles. The summed E-state index contributed by atoms with van der Waals surface area (Å²) in [6.45, 7) is 6.45. The molecule has 0 aliphatic carbocycles. The number of fused-ring (bicyclic) bond motifs is 1. The van der Waals surface area contributed by atoms with Gasteiger partial charge in [-0.2, -0.15) is 0 Å². The van der Waals surface area contributed by atoms with Crippen molar-refractivity contribution < 1.29 is 9.18 Å². The van der Waals surface area contributed by atoms with Crippen LogP contribution in [0.25, 0.3) is 11.0 Å². The van der Waals surface area contributed by atoms with Crippen molar-refractivity contribution in [3.8, 4) is 0 Å². The van der Waals surface area contributed by atoms with E-state index in [0.29, 0.717) is 35.6 Å². The van der Waals surface area contributed by atoms with Gasteiger partial charge in [0.1, 0.15) is 28.7 Å². The number of piperazine rings is 1. The van der Waals surface area contributed by atoms with E-state index in [0.717, 1.165) is 13.1 Å². The second kappa shape index (κ2) is 8.56. The topological polar surface area (TPSA) is 108 Å². The lowest BCUT2D eigenvalue weighted by Gasteiger charge is -2.35. The maximum absolute atomic E-state index is 13.5. The number of rotatable bonds is 5. The van der Waals surface area contributed by atoms with E-state index >= 15 is 0 Å². The Morgan fingerprint density at radius 2 is 2.00 bits per heavy atom. The summed E-state index contributed by atoms with van der Waals surface area (Å²) in [6.07, 6.45) is 2.94. The summed E-state index contributed by atoms with van der Waals surface area (Å²) in [7, 11) is 0. The fourth-order valence-corrected chi connectivity index (χ4v) is 3.49. The summed E-state index contributed by atoms with van der Waals surface area (Å²) in [4.78, 5) is 32.0. The number of nitrogens with zero attached hydrogens (tertiary/aromatic N) is 5. The number of carbonyl (C=O) groups excluding carboxylic acids is 1. The third-order valence-electron chi connectivity index (χ3n) is 4.92. The number of benzene rings is 1. The molecule has 0 unspecified atom stereocenters. The van der Waals surface area contributed by atoms with Crippen LogP contribution in [0.15, 0.2) is 30.7 Å². The Morgan fingerprint density at radius 1 is 1.23 bits per heavy atom. The van der Waals surface area contributed by atoms with Gasteiger partial charge < -0.3 is 20.9 Å². The fourth-order valence-electron chi connectivity index (χ4n) is 3.31. The van der Waals surface area contributed by atoms with Crippen molar-refractivity contribution in [2.75, 3.05) is 36.8 Å². The molecule has 31 heavy (non-hydrogen) atoms. The van der Waals surface area contributed by atoms with E-state index in [-0.39, 0.29) is 16.9 Å². The van der Waals surface area contributed by atoms with Gasteiger partial charge in [-0.3, -0.25) is 4.79 Å². The van der Waals surface area contributed by atoms with Gasteiger partial charge in [0, 0.05) is 31.9 Å². The van der Waals surface area contributed by atoms with Crippen LogP contribution >= 0.6 is 11.6 Å². The Kier molecular flexibility index (Phi) is 5.84. The van der Waals surface area contributed by atoms with Gasteiger partial charge in [0.15, 0.2) is 5.82 Å². The normalized spacial score (nSPS) is 14.5. The molecule has 2 aromatic heterocycles. The molecular weight excluding hydrogens is 423 g/mol. The van der Waals surface area contributed by atoms with Crippen LogP contribution in [0.5, 0.6) is 0 Å². The zero-order chi connectivity index (χ0) is 22.0. The van der Waals surface area contributed by atoms with Crippen LogP contribution in [0.2, 0.25) is 5.02 Å². The van der Waals surface area contributed by atoms with Crippen molar-refractivity contribution in [2.24, 2.45) is 0 Å². The van der Waals surface area contributed by atoms with Gasteiger partial charge in [0.25, 0.3) is 0 Å². The molecular formula is C20H22ClFN8O. The molecule has 4 rings (SSSR count). The fraction of sp³-hybridized carbons (Fsp3) is 0.350. The van der Waals surface area contributed by atoms with Gasteiger partial charge in [-0.05, 0) is 32.0 Å². The Morgan fingerprint density at radius 3 is 2.74 bits per heavy atom. The average Bonchev–Trinajstić information content (AvgIpc) is 2.76. The molecule has 0 radical (unpaired) electrons. The molecule has 3 aromatic rings. The molecule has 1 saturated heterocycles. The van der Waals surface area contributed by atoms with Crippen LogP contribution in [0.1, 0.15) is 13.8 Å². The van der Waals surface area contributed by atoms with Gasteiger partial charge in [-0.15, -0.1) is 0 Å². The number of hydrogen-bond acceptors (Lipinski definition) is 8. The quantitative estimate of drug-likeness (QED) is 0.551. The summed E-state index contributed by atoms with van der Waals surface area (Å²) < 4.78 is 13.5. The van der Waals surface area contributed by atoms with Crippen molar-refractivity contribution >= 4 is 46.0 Å². The molecule has 1 aliphatic rings. The van der Waals surface area contributed by atoms with Gasteiger partial charge in [-0.25, -0.2) is 24.3 Å². The van der Waals surface area contributed by atoms with Gasteiger partial charge in [-0.1, -0.05) is 11.6 Å². The smallest absolute Gasteiger partial charge is 0.247 e. The van der Waals surface area contributed by atoms with Crippen molar-refractivity contribution in [1.82, 2.24) is 30.2 Å². The van der Waals surface area contributed by atoms with Crippen molar-refractivity contribution in [2.45, 2.75) is 19.4 Å². The molecule has 9 nitrogen and oxygen atoms in total. The maximum atomic E-state index is 13.5. The van der Waals surface area contributed by atoms with Crippen LogP contribution in [-0.2, 0) is 4.79 Å². The van der Waals surface area contributed by atoms with Crippen LogP contribution in [0.4, 0.5) is 21.8 Å². The number of nitrogens with one attached hydrogen (secondary N) is 3. The zero-order valence-corrected chi connectivity index (χ0v) is 17.9. The summed E-state index contributed by atoms with van der Waals surface area (Å²) in [5.74, 6) is 0.145. The predicted octanol–water partition coefficient (Wildman–Crippen LogP) is 2.58. The first kappa shape index (κ1) is 21.1. The minimum atomic E-state index is -0.904. The highest BCUT2D eigenvalue weighted by Crippen LogP contribution is 2.26. The van der Waals surface area contributed by atoms with E-state index in [1.807, 2.05) is 4.90 Å². The van der Waals surface area contributed by atoms with Gasteiger partial charge in [0.05, 0.1) is 11.2 Å². The number of hydrogen-bond donors (Lipinski definition) is 3. The molecule has 162 valence electrons. The summed E-state index contributed by atoms with van der Waals surface area (Å²) in [5, 5.41) is 9.43. The highest BCUT2D eigenvalue weighted by atomic mass is 35.5. The highest BCUT2D eigenvalue weighted by molar-refractivity contribution is 6.31. The largest absolute Gasteiger partial charge is 0.340 e. The summed E-state index contributed by atoms with van der Waals surface area (Å²) in [6, 6.07) is 4.27. The SMILES string of the molecule is CC(C)(Nc1ncc2ncnc(Nc3ccc(F)c(Cl)c3)c2n1)C(=O)N1CCNCC1. The minimum absolute atomic E-state index is 0.00600. The Labute approximate surface area is 183 Å². The van der Waals surface area contributed by atoms with Gasteiger partial charge in [0.2, 0.25) is 11.9 Å². The molecule has 0 atom stereocenters. The van der Waals surface area contributed by atoms with Crippen LogP contribution in [0, 0.1) is 5.82 Å². The van der Waals surface area contributed by atoms with E-state index in [2.05, 4.69) is 35.9 Å². The first-order valence-electron chi connectivity index (χ1n) is 9.81. The zero-order valence-electron chi connectivity index (χ0n) is 17.1. The van der Waals surface area contributed by atoms with Crippen molar-refractivity contribution in [3.05, 3.63) is 41.6 Å². The van der Waals surface area contributed by atoms with E-state index < -0.39 is 11.4 Å². The van der Waals surface area contributed by atoms with Crippen LogP contribution < -0.4 is 16.0 Å². The Balaban J connectivity index is 1.60. The highest BCUT2D eigenvalue weighted by Gasteiger charge is 2.33. The molecule has 3 N–H and O–H groups in total. The number of carbonyl (C=O) groups is 1. The standard InChI is InChI=1S/C20H22ClFN8O/c1-20(2,18(31)30-7-5-23-6-8-30)29-19-24-10-15-16(28-19)17(26-11-25-15)27-12-3-4-14(22)13(21)9-12/h3-4,9-11,23H,5-8H2,1-2H3,(H,24,28,29)(H,25,26,27). The maximum Gasteiger partial charge on any atom is 0.247 e. The van der Waals surface area contributed by atoms with E-state index in [9.17, 15) is 9.18 Å². The minimum Gasteiger partial charge on any atom is -0.340 e. The molecule has 0 bridgehead atoms. The molecule has 1 aromatic carbocycles. The first-order valence-corrected chi connectivity index (χ1v) is 10.2. The summed E-state index contributed by atoms with van der Waals surface area (Å²) in [5.41, 5.74) is 0.612. The lowest BCUT2D eigenvalue weighted by atomic mass is 10.0. The van der Waals surface area contributed by atoms with Crippen molar-refractivity contribution in [1.29, 1.82) is 0 Å². The second-order valence-electron chi connectivity index (χ2n) is 7.70. The van der Waals surface area contributed by atoms with E-state index in [1.54, 1.807) is 26.1 Å². The third kappa shape index (κ3) is 4.64. The molecule has 11 heteroatoms. The number of halogens is 2. The third-order valence-corrected chi connectivity index (χ3v) is 5.21. The number of anilines is 3. The first-order chi connectivity index (χ1) is 14.8. The summed E-state index contributed by atoms with van der Waals surface area (Å²) >= 11 is 5.87. The monoisotopic (exact) mass is 444 g/mol.